The van der Waals surface area contributed by atoms with Gasteiger partial charge in [0.15, 0.2) is 18.1 Å². The van der Waals surface area contributed by atoms with E-state index in [1.54, 1.807) is 26.4 Å². The van der Waals surface area contributed by atoms with E-state index < -0.39 is 0 Å². The summed E-state index contributed by atoms with van der Waals surface area (Å²) >= 11 is 0. The number of hydrogen-bond acceptors (Lipinski definition) is 5. The summed E-state index contributed by atoms with van der Waals surface area (Å²) in [5.41, 5.74) is 3.83. The van der Waals surface area contributed by atoms with Crippen molar-refractivity contribution in [3.05, 3.63) is 58.7 Å². The molecule has 0 radical (unpaired) electrons. The highest BCUT2D eigenvalue weighted by Gasteiger charge is 2.27. The fourth-order valence-electron chi connectivity index (χ4n) is 4.29. The lowest BCUT2D eigenvalue weighted by Gasteiger charge is -2.28. The molecule has 0 saturated carbocycles. The average molecular weight is 484 g/mol. The lowest BCUT2D eigenvalue weighted by Crippen LogP contribution is -2.30. The molecule has 0 aromatic heterocycles. The van der Waals surface area contributed by atoms with Crippen LogP contribution < -0.4 is 19.5 Å². The van der Waals surface area contributed by atoms with Gasteiger partial charge in [0.1, 0.15) is 11.5 Å². The van der Waals surface area contributed by atoms with Crippen molar-refractivity contribution in [2.45, 2.75) is 65.7 Å². The molecule has 35 heavy (non-hydrogen) atoms. The van der Waals surface area contributed by atoms with Crippen LogP contribution in [0.15, 0.2) is 42.0 Å². The zero-order chi connectivity index (χ0) is 26.0. The predicted octanol–water partition coefficient (Wildman–Crippen LogP) is 5.87. The quantitative estimate of drug-likeness (QED) is 0.349. The molecule has 0 spiro atoms. The molecular weight excluding hydrogens is 442 g/mol. The number of carbonyl (C=O) groups is 1. The predicted molar refractivity (Wildman–Crippen MR) is 141 cm³/mol. The van der Waals surface area contributed by atoms with Crippen molar-refractivity contribution in [2.24, 2.45) is 0 Å². The molecule has 192 valence electrons. The minimum absolute atomic E-state index is 0.0903. The first kappa shape index (κ1) is 28.1. The van der Waals surface area contributed by atoms with Gasteiger partial charge in [0.05, 0.1) is 14.2 Å². The molecule has 0 fully saturated rings. The van der Waals surface area contributed by atoms with Crippen LogP contribution >= 0.6 is 0 Å². The van der Waals surface area contributed by atoms with Crippen molar-refractivity contribution < 1.29 is 24.1 Å². The smallest absolute Gasteiger partial charge is 0.257 e. The van der Waals surface area contributed by atoms with E-state index in [4.69, 9.17) is 14.2 Å². The van der Waals surface area contributed by atoms with E-state index in [0.717, 1.165) is 36.0 Å². The Labute approximate surface area is 210 Å². The molecule has 0 unspecified atom stereocenters. The number of hydrogen-bond donors (Lipinski definition) is 2. The molecule has 0 aliphatic carbocycles. The summed E-state index contributed by atoms with van der Waals surface area (Å²) in [7, 11) is 3.20. The van der Waals surface area contributed by atoms with Crippen molar-refractivity contribution in [2.75, 3.05) is 27.4 Å². The van der Waals surface area contributed by atoms with E-state index in [2.05, 4.69) is 39.1 Å². The van der Waals surface area contributed by atoms with Gasteiger partial charge in [0, 0.05) is 12.1 Å². The average Bonchev–Trinajstić information content (AvgIpc) is 2.82. The third-order valence-electron chi connectivity index (χ3n) is 6.22. The first-order chi connectivity index (χ1) is 16.6. The summed E-state index contributed by atoms with van der Waals surface area (Å²) < 4.78 is 16.4. The van der Waals surface area contributed by atoms with Crippen molar-refractivity contribution >= 4 is 5.91 Å². The maximum atomic E-state index is 12.4. The van der Waals surface area contributed by atoms with Gasteiger partial charge in [-0.3, -0.25) is 4.79 Å². The Morgan fingerprint density at radius 1 is 1.09 bits per heavy atom. The fourth-order valence-corrected chi connectivity index (χ4v) is 4.29. The number of phenols is 1. The zero-order valence-corrected chi connectivity index (χ0v) is 22.3. The van der Waals surface area contributed by atoms with Crippen LogP contribution in [0.5, 0.6) is 23.0 Å². The van der Waals surface area contributed by atoms with Crippen LogP contribution in [0.2, 0.25) is 0 Å². The van der Waals surface area contributed by atoms with Crippen molar-refractivity contribution in [3.63, 3.8) is 0 Å². The number of carbonyl (C=O) groups excluding carboxylic acids is 1. The number of amides is 1. The minimum atomic E-state index is -0.274. The summed E-state index contributed by atoms with van der Waals surface area (Å²) in [6.07, 6.45) is 5.92. The maximum Gasteiger partial charge on any atom is 0.257 e. The highest BCUT2D eigenvalue weighted by molar-refractivity contribution is 5.77. The number of ether oxygens (including phenoxy) is 3. The molecule has 2 aromatic rings. The van der Waals surface area contributed by atoms with Crippen LogP contribution in [-0.4, -0.2) is 38.4 Å². The Kier molecular flexibility index (Phi) is 10.5. The molecule has 1 amide bonds. The van der Waals surface area contributed by atoms with Gasteiger partial charge in [-0.15, -0.1) is 0 Å². The summed E-state index contributed by atoms with van der Waals surface area (Å²) in [5, 5.41) is 13.5. The third kappa shape index (κ3) is 7.94. The fraction of sp³-hybridized carbons (Fsp3) is 0.483. The van der Waals surface area contributed by atoms with Crippen LogP contribution in [0.4, 0.5) is 0 Å². The topological polar surface area (TPSA) is 77.0 Å². The molecular formula is C29H41NO5. The summed E-state index contributed by atoms with van der Waals surface area (Å²) in [5.74, 6) is 2.00. The van der Waals surface area contributed by atoms with E-state index in [1.165, 1.54) is 5.57 Å². The first-order valence-electron chi connectivity index (χ1n) is 12.2. The molecule has 2 rings (SSSR count). The molecule has 2 aromatic carbocycles. The van der Waals surface area contributed by atoms with Crippen LogP contribution in [0.25, 0.3) is 0 Å². The number of rotatable bonds is 13. The molecule has 0 atom stereocenters. The normalized spacial score (nSPS) is 11.8. The Morgan fingerprint density at radius 3 is 2.43 bits per heavy atom. The molecule has 0 aliphatic rings. The van der Waals surface area contributed by atoms with Gasteiger partial charge in [-0.2, -0.15) is 0 Å². The largest absolute Gasteiger partial charge is 0.508 e. The van der Waals surface area contributed by atoms with E-state index >= 15 is 0 Å². The van der Waals surface area contributed by atoms with Gasteiger partial charge in [-0.25, -0.2) is 0 Å². The molecule has 0 bridgehead atoms. The highest BCUT2D eigenvalue weighted by Crippen LogP contribution is 2.40. The molecule has 0 saturated heterocycles. The van der Waals surface area contributed by atoms with Gasteiger partial charge in [-0.1, -0.05) is 44.9 Å². The SMILES string of the molecule is CCC/C(C)=C/CC(C)(C)c1c(O)ccc(OCC(=O)NCCc2ccc(OC)c(OC)c2)c1C. The number of aromatic hydroxyl groups is 1. The zero-order valence-electron chi connectivity index (χ0n) is 22.3. The van der Waals surface area contributed by atoms with Crippen LogP contribution in [0.3, 0.4) is 0 Å². The molecule has 0 aliphatic heterocycles. The van der Waals surface area contributed by atoms with Gasteiger partial charge >= 0.3 is 0 Å². The van der Waals surface area contributed by atoms with Crippen LogP contribution in [0, 0.1) is 6.92 Å². The molecule has 6 nitrogen and oxygen atoms in total. The molecule has 6 heteroatoms. The van der Waals surface area contributed by atoms with Gasteiger partial charge in [-0.05, 0) is 73.9 Å². The monoisotopic (exact) mass is 483 g/mol. The van der Waals surface area contributed by atoms with Gasteiger partial charge < -0.3 is 24.6 Å². The lowest BCUT2D eigenvalue weighted by atomic mass is 9.78. The molecule has 0 heterocycles. The van der Waals surface area contributed by atoms with Crippen molar-refractivity contribution in [3.8, 4) is 23.0 Å². The molecule has 2 N–H and O–H groups in total. The summed E-state index contributed by atoms with van der Waals surface area (Å²) in [6.45, 7) is 10.9. The van der Waals surface area contributed by atoms with E-state index in [1.807, 2.05) is 25.1 Å². The van der Waals surface area contributed by atoms with Crippen molar-refractivity contribution in [1.82, 2.24) is 5.32 Å². The number of methoxy groups -OCH3 is 2. The number of phenolic OH excluding ortho intramolecular Hbond substituents is 1. The Balaban J connectivity index is 1.97. The number of nitrogens with one attached hydrogen (secondary N) is 1. The Morgan fingerprint density at radius 2 is 1.77 bits per heavy atom. The summed E-state index contributed by atoms with van der Waals surface area (Å²) in [4.78, 5) is 12.4. The second-order valence-corrected chi connectivity index (χ2v) is 9.55. The Hall–Kier alpha value is -3.15. The summed E-state index contributed by atoms with van der Waals surface area (Å²) in [6, 6.07) is 9.08. The van der Waals surface area contributed by atoms with E-state index in [-0.39, 0.29) is 23.7 Å². The second kappa shape index (κ2) is 13.1. The van der Waals surface area contributed by atoms with E-state index in [0.29, 0.717) is 30.2 Å². The Bertz CT molecular complexity index is 1030. The van der Waals surface area contributed by atoms with Gasteiger partial charge in [0.2, 0.25) is 0 Å². The second-order valence-electron chi connectivity index (χ2n) is 9.55. The third-order valence-corrected chi connectivity index (χ3v) is 6.22. The number of allylic oxidation sites excluding steroid dienone is 2. The number of benzene rings is 2. The van der Waals surface area contributed by atoms with E-state index in [9.17, 15) is 9.90 Å². The standard InChI is InChI=1S/C29H41NO5/c1-8-9-20(2)14-16-29(4,5)28-21(3)24(13-11-23(28)31)35-19-27(32)30-17-15-22-10-12-25(33-6)26(18-22)34-7/h10-14,18,31H,8-9,15-17,19H2,1-7H3,(H,30,32)/b20-14+. The lowest BCUT2D eigenvalue weighted by molar-refractivity contribution is -0.123. The highest BCUT2D eigenvalue weighted by atomic mass is 16.5. The minimum Gasteiger partial charge on any atom is -0.508 e. The maximum absolute atomic E-state index is 12.4. The van der Waals surface area contributed by atoms with Crippen molar-refractivity contribution in [1.29, 1.82) is 0 Å². The van der Waals surface area contributed by atoms with Crippen LogP contribution in [-0.2, 0) is 16.6 Å². The van der Waals surface area contributed by atoms with Crippen LogP contribution in [0.1, 0.15) is 63.6 Å². The van der Waals surface area contributed by atoms with Gasteiger partial charge in [0.25, 0.3) is 5.91 Å². The first-order valence-corrected chi connectivity index (χ1v) is 12.2.